The second kappa shape index (κ2) is 12.7. The van der Waals surface area contributed by atoms with Crippen LogP contribution in [0.2, 0.25) is 0 Å². The zero-order valence-electron chi connectivity index (χ0n) is 17.5. The highest BCUT2D eigenvalue weighted by atomic mass is 19.1. The number of hydrogen-bond acceptors (Lipinski definition) is 6. The highest BCUT2D eigenvalue weighted by Crippen LogP contribution is 2.40. The lowest BCUT2D eigenvalue weighted by Gasteiger charge is -2.24. The van der Waals surface area contributed by atoms with Crippen LogP contribution in [0.5, 0.6) is 5.75 Å². The summed E-state index contributed by atoms with van der Waals surface area (Å²) in [6.45, 7) is -0.175. The topological polar surface area (TPSA) is 116 Å². The number of nitrogens with zero attached hydrogens (tertiary/aromatic N) is 1. The summed E-state index contributed by atoms with van der Waals surface area (Å²) < 4.78 is 31.8. The number of nitroso groups, excluding NO2 is 1. The predicted molar refractivity (Wildman–Crippen MR) is 110 cm³/mol. The smallest absolute Gasteiger partial charge is 0.303 e. The fraction of sp³-hybridized carbons (Fsp3) is 0.682. The van der Waals surface area contributed by atoms with E-state index in [1.807, 2.05) is 0 Å². The van der Waals surface area contributed by atoms with E-state index in [0.29, 0.717) is 38.2 Å². The third kappa shape index (κ3) is 8.14. The van der Waals surface area contributed by atoms with Gasteiger partial charge in [-0.2, -0.15) is 4.91 Å². The van der Waals surface area contributed by atoms with Crippen molar-refractivity contribution in [2.45, 2.75) is 76.0 Å². The van der Waals surface area contributed by atoms with Crippen molar-refractivity contribution in [3.8, 4) is 5.75 Å². The first kappa shape index (κ1) is 25.1. The summed E-state index contributed by atoms with van der Waals surface area (Å²) >= 11 is 0. The first-order valence-electron chi connectivity index (χ1n) is 10.8. The van der Waals surface area contributed by atoms with E-state index < -0.39 is 35.9 Å². The molecule has 0 heterocycles. The van der Waals surface area contributed by atoms with Gasteiger partial charge in [-0.25, -0.2) is 8.78 Å². The van der Waals surface area contributed by atoms with Crippen molar-refractivity contribution in [3.63, 3.8) is 0 Å². The van der Waals surface area contributed by atoms with E-state index in [2.05, 4.69) is 5.18 Å². The summed E-state index contributed by atoms with van der Waals surface area (Å²) in [5.41, 5.74) is 0. The van der Waals surface area contributed by atoms with Crippen molar-refractivity contribution in [1.29, 1.82) is 0 Å². The molecule has 31 heavy (non-hydrogen) atoms. The van der Waals surface area contributed by atoms with Crippen molar-refractivity contribution < 1.29 is 33.6 Å². The Morgan fingerprint density at radius 2 is 1.90 bits per heavy atom. The summed E-state index contributed by atoms with van der Waals surface area (Å²) in [6.07, 6.45) is 3.45. The van der Waals surface area contributed by atoms with Gasteiger partial charge < -0.3 is 20.1 Å². The van der Waals surface area contributed by atoms with Crippen LogP contribution in [0.3, 0.4) is 0 Å². The largest absolute Gasteiger partial charge is 0.488 e. The average molecular weight is 443 g/mol. The molecule has 1 unspecified atom stereocenters. The van der Waals surface area contributed by atoms with Crippen molar-refractivity contribution in [3.05, 3.63) is 34.7 Å². The van der Waals surface area contributed by atoms with Crippen molar-refractivity contribution in [2.75, 3.05) is 6.61 Å². The van der Waals surface area contributed by atoms with Crippen molar-refractivity contribution in [1.82, 2.24) is 0 Å². The molecule has 174 valence electrons. The molecule has 0 aliphatic heterocycles. The number of carboxylic acids is 1. The molecule has 0 bridgehead atoms. The first-order chi connectivity index (χ1) is 14.8. The maximum absolute atomic E-state index is 13.6. The van der Waals surface area contributed by atoms with Gasteiger partial charge in [-0.15, -0.1) is 0 Å². The number of rotatable bonds is 14. The Bertz CT molecular complexity index is 719. The van der Waals surface area contributed by atoms with Gasteiger partial charge in [0.1, 0.15) is 12.4 Å². The highest BCUT2D eigenvalue weighted by molar-refractivity contribution is 5.66. The second-order valence-electron chi connectivity index (χ2n) is 8.27. The lowest BCUT2D eigenvalue weighted by Crippen LogP contribution is -2.25. The fourth-order valence-electron chi connectivity index (χ4n) is 4.36. The summed E-state index contributed by atoms with van der Waals surface area (Å²) in [4.78, 5) is 21.8. The van der Waals surface area contributed by atoms with Gasteiger partial charge in [0.15, 0.2) is 11.6 Å². The van der Waals surface area contributed by atoms with Crippen LogP contribution >= 0.6 is 0 Å². The van der Waals surface area contributed by atoms with Crippen LogP contribution in [0.25, 0.3) is 0 Å². The number of aliphatic hydroxyl groups excluding tert-OH is 2. The highest BCUT2D eigenvalue weighted by Gasteiger charge is 2.42. The maximum Gasteiger partial charge on any atom is 0.303 e. The van der Waals surface area contributed by atoms with Gasteiger partial charge in [0.2, 0.25) is 0 Å². The number of aliphatic hydroxyl groups is 2. The summed E-state index contributed by atoms with van der Waals surface area (Å²) in [5, 5.41) is 32.4. The van der Waals surface area contributed by atoms with Gasteiger partial charge in [-0.1, -0.05) is 24.4 Å². The number of benzene rings is 1. The normalized spacial score (nSPS) is 24.1. The molecule has 5 atom stereocenters. The molecule has 0 saturated heterocycles. The Labute approximate surface area is 180 Å². The molecular weight excluding hydrogens is 412 g/mol. The molecule has 7 nitrogen and oxygen atoms in total. The molecule has 1 aromatic rings. The van der Waals surface area contributed by atoms with Crippen LogP contribution in [0.1, 0.15) is 57.8 Å². The molecule has 1 saturated carbocycles. The molecule has 2 rings (SSSR count). The molecule has 1 aliphatic rings. The van der Waals surface area contributed by atoms with Crippen LogP contribution in [0.15, 0.2) is 23.4 Å². The van der Waals surface area contributed by atoms with Crippen molar-refractivity contribution >= 4 is 5.97 Å². The molecule has 3 N–H and O–H groups in total. The number of carboxylic acid groups (broad SMARTS) is 1. The first-order valence-corrected chi connectivity index (χ1v) is 10.8. The van der Waals surface area contributed by atoms with Crippen molar-refractivity contribution in [2.24, 2.45) is 17.0 Å². The summed E-state index contributed by atoms with van der Waals surface area (Å²) in [7, 11) is 0. The average Bonchev–Trinajstić information content (AvgIpc) is 3.02. The number of unbranched alkanes of at least 4 members (excludes halogenated alkanes) is 3. The molecule has 1 fully saturated rings. The van der Waals surface area contributed by atoms with E-state index >= 15 is 0 Å². The molecule has 0 radical (unpaired) electrons. The Hall–Kier alpha value is -2.13. The molecule has 0 amide bonds. The van der Waals surface area contributed by atoms with Crippen LogP contribution in [0.4, 0.5) is 8.78 Å². The fourth-order valence-corrected chi connectivity index (χ4v) is 4.36. The van der Waals surface area contributed by atoms with E-state index in [9.17, 15) is 28.7 Å². The van der Waals surface area contributed by atoms with Crippen LogP contribution in [-0.4, -0.2) is 46.1 Å². The maximum atomic E-state index is 13.6. The van der Waals surface area contributed by atoms with Gasteiger partial charge in [0.25, 0.3) is 0 Å². The molecular formula is C22H31F2NO6. The molecule has 0 spiro atoms. The SMILES string of the molecule is O=NC1C[C@H](O)[C@H](CCCCCCC(=O)O)[C@H]1CC[C@@H](O)COc1ccc(F)cc1F. The predicted octanol–water partition coefficient (Wildman–Crippen LogP) is 4.04. The zero-order valence-corrected chi connectivity index (χ0v) is 17.5. The lowest BCUT2D eigenvalue weighted by atomic mass is 9.84. The molecule has 1 aliphatic carbocycles. The number of carbonyl (C=O) groups is 1. The lowest BCUT2D eigenvalue weighted by molar-refractivity contribution is -0.137. The van der Waals surface area contributed by atoms with E-state index in [0.717, 1.165) is 31.4 Å². The van der Waals surface area contributed by atoms with E-state index in [1.165, 1.54) is 0 Å². The van der Waals surface area contributed by atoms with Gasteiger partial charge >= 0.3 is 5.97 Å². The third-order valence-electron chi connectivity index (χ3n) is 5.99. The Balaban J connectivity index is 1.78. The van der Waals surface area contributed by atoms with Crippen LogP contribution < -0.4 is 4.74 Å². The minimum absolute atomic E-state index is 0.107. The minimum atomic E-state index is -0.911. The monoisotopic (exact) mass is 443 g/mol. The van der Waals surface area contributed by atoms with Crippen LogP contribution in [-0.2, 0) is 4.79 Å². The number of hydrogen-bond donors (Lipinski definition) is 3. The summed E-state index contributed by atoms with van der Waals surface area (Å²) in [6, 6.07) is 2.41. The second-order valence-corrected chi connectivity index (χ2v) is 8.27. The van der Waals surface area contributed by atoms with E-state index in [1.54, 1.807) is 0 Å². The minimum Gasteiger partial charge on any atom is -0.488 e. The van der Waals surface area contributed by atoms with E-state index in [4.69, 9.17) is 9.84 Å². The summed E-state index contributed by atoms with van der Waals surface area (Å²) in [5.74, 6) is -2.79. The molecule has 1 aromatic carbocycles. The number of aliphatic carboxylic acids is 1. The van der Waals surface area contributed by atoms with Crippen LogP contribution in [0, 0.1) is 28.4 Å². The molecule has 9 heteroatoms. The number of ether oxygens (including phenoxy) is 1. The van der Waals surface area contributed by atoms with Gasteiger partial charge in [0.05, 0.1) is 18.2 Å². The van der Waals surface area contributed by atoms with Gasteiger partial charge in [0, 0.05) is 12.5 Å². The number of halogens is 2. The quantitative estimate of drug-likeness (QED) is 0.295. The van der Waals surface area contributed by atoms with Gasteiger partial charge in [-0.05, 0) is 56.1 Å². The Morgan fingerprint density at radius 1 is 1.16 bits per heavy atom. The Kier molecular flexibility index (Phi) is 10.3. The standard InChI is InChI=1S/C22H31F2NO6/c23-14-7-10-21(18(24)11-14)31-13-15(26)8-9-16-17(20(27)12-19(16)25-30)5-3-1-2-4-6-22(28)29/h7,10-11,15-17,19-20,26-27H,1-6,8-9,12-13H2,(H,28,29)/t15-,16-,17-,19?,20+/m1/s1. The van der Waals surface area contributed by atoms with E-state index in [-0.39, 0.29) is 30.6 Å². The third-order valence-corrected chi connectivity index (χ3v) is 5.99. The zero-order chi connectivity index (χ0) is 22.8. The molecule has 0 aromatic heterocycles. The van der Waals surface area contributed by atoms with Gasteiger partial charge in [-0.3, -0.25) is 4.79 Å². The Morgan fingerprint density at radius 3 is 2.58 bits per heavy atom.